The molecular weight excluding hydrogens is 448 g/mol. The second-order valence-corrected chi connectivity index (χ2v) is 7.78. The largest absolute Gasteiger partial charge is 0.329 e. The van der Waals surface area contributed by atoms with E-state index in [1.807, 2.05) is 55.5 Å². The van der Waals surface area contributed by atoms with Crippen LogP contribution in [-0.4, -0.2) is 25.3 Å². The molecule has 4 aromatic rings. The van der Waals surface area contributed by atoms with Gasteiger partial charge in [0, 0.05) is 11.5 Å². The van der Waals surface area contributed by atoms with Crippen LogP contribution in [0.4, 0.5) is 5.95 Å². The van der Waals surface area contributed by atoms with E-state index in [0.717, 1.165) is 21.2 Å². The van der Waals surface area contributed by atoms with Crippen molar-refractivity contribution in [3.63, 3.8) is 0 Å². The number of imidazole rings is 1. The summed E-state index contributed by atoms with van der Waals surface area (Å²) in [6.45, 7) is 2.41. The van der Waals surface area contributed by atoms with Crippen LogP contribution in [0, 0.1) is 6.92 Å². The quantitative estimate of drug-likeness (QED) is 0.349. The number of hydrogen-bond donors (Lipinski definition) is 2. The van der Waals surface area contributed by atoms with Crippen molar-refractivity contribution in [2.45, 2.75) is 13.5 Å². The molecule has 0 aliphatic rings. The van der Waals surface area contributed by atoms with Gasteiger partial charge in [0.2, 0.25) is 5.95 Å². The fourth-order valence-corrected chi connectivity index (χ4v) is 3.41. The molecule has 152 valence electrons. The van der Waals surface area contributed by atoms with E-state index < -0.39 is 11.2 Å². The standard InChI is InChI=1S/C21H19BrN6O2/c1-13-5-3-4-6-15(13)12-28-17-18(27(2)21(30)25-19(17)29)24-20(28)26-23-11-14-7-9-16(22)10-8-14/h3-11H,12H2,1-2H3,(H,24,26)(H,25,29,30). The fourth-order valence-electron chi connectivity index (χ4n) is 3.15. The predicted octanol–water partition coefficient (Wildman–Crippen LogP) is 2.99. The first-order valence-corrected chi connectivity index (χ1v) is 10.0. The van der Waals surface area contributed by atoms with E-state index in [-0.39, 0.29) is 0 Å². The Balaban J connectivity index is 1.79. The van der Waals surface area contributed by atoms with Gasteiger partial charge in [0.15, 0.2) is 11.2 Å². The third kappa shape index (κ3) is 3.84. The first-order chi connectivity index (χ1) is 14.4. The topological polar surface area (TPSA) is 97.1 Å². The molecule has 0 fully saturated rings. The zero-order valence-corrected chi connectivity index (χ0v) is 18.0. The zero-order chi connectivity index (χ0) is 21.3. The average Bonchev–Trinajstić information content (AvgIpc) is 3.08. The molecule has 9 heteroatoms. The number of anilines is 1. The van der Waals surface area contributed by atoms with Crippen LogP contribution in [0.5, 0.6) is 0 Å². The van der Waals surface area contributed by atoms with Crippen LogP contribution < -0.4 is 16.7 Å². The van der Waals surface area contributed by atoms with Crippen molar-refractivity contribution < 1.29 is 0 Å². The maximum Gasteiger partial charge on any atom is 0.329 e. The summed E-state index contributed by atoms with van der Waals surface area (Å²) in [4.78, 5) is 31.4. The lowest BCUT2D eigenvalue weighted by molar-refractivity contribution is 0.805. The summed E-state index contributed by atoms with van der Waals surface area (Å²) in [7, 11) is 1.57. The SMILES string of the molecule is Cc1ccccc1Cn1c(NN=Cc2ccc(Br)cc2)nc2c1c(=O)[nH]c(=O)n2C. The first-order valence-electron chi connectivity index (χ1n) is 9.23. The Kier molecular flexibility index (Phi) is 5.37. The first kappa shape index (κ1) is 19.8. The monoisotopic (exact) mass is 466 g/mol. The van der Waals surface area contributed by atoms with Crippen LogP contribution in [0.1, 0.15) is 16.7 Å². The van der Waals surface area contributed by atoms with Crippen LogP contribution in [0.3, 0.4) is 0 Å². The van der Waals surface area contributed by atoms with Crippen molar-refractivity contribution in [1.82, 2.24) is 19.1 Å². The van der Waals surface area contributed by atoms with Gasteiger partial charge in [-0.2, -0.15) is 10.1 Å². The van der Waals surface area contributed by atoms with Crippen LogP contribution in [-0.2, 0) is 13.6 Å². The summed E-state index contributed by atoms with van der Waals surface area (Å²) < 4.78 is 4.02. The van der Waals surface area contributed by atoms with Crippen LogP contribution in [0.25, 0.3) is 11.2 Å². The molecule has 0 aliphatic heterocycles. The van der Waals surface area contributed by atoms with Crippen LogP contribution >= 0.6 is 15.9 Å². The lowest BCUT2D eigenvalue weighted by atomic mass is 10.1. The highest BCUT2D eigenvalue weighted by atomic mass is 79.9. The van der Waals surface area contributed by atoms with Gasteiger partial charge in [-0.1, -0.05) is 52.3 Å². The van der Waals surface area contributed by atoms with Crippen molar-refractivity contribution in [2.75, 3.05) is 5.43 Å². The summed E-state index contributed by atoms with van der Waals surface area (Å²) in [5.41, 5.74) is 5.54. The molecule has 4 rings (SSSR count). The summed E-state index contributed by atoms with van der Waals surface area (Å²) >= 11 is 3.40. The second kappa shape index (κ2) is 8.11. The Morgan fingerprint density at radius 2 is 1.90 bits per heavy atom. The predicted molar refractivity (Wildman–Crippen MR) is 121 cm³/mol. The number of nitrogens with one attached hydrogen (secondary N) is 2. The molecule has 2 aromatic carbocycles. The molecule has 0 saturated heterocycles. The number of nitrogens with zero attached hydrogens (tertiary/aromatic N) is 4. The van der Waals surface area contributed by atoms with Gasteiger partial charge in [-0.3, -0.25) is 18.9 Å². The van der Waals surface area contributed by atoms with E-state index in [9.17, 15) is 9.59 Å². The highest BCUT2D eigenvalue weighted by molar-refractivity contribution is 9.10. The molecule has 30 heavy (non-hydrogen) atoms. The number of aromatic amines is 1. The smallest absolute Gasteiger partial charge is 0.298 e. The summed E-state index contributed by atoms with van der Waals surface area (Å²) in [5, 5.41) is 4.27. The number of aryl methyl sites for hydroxylation is 2. The Morgan fingerprint density at radius 1 is 1.17 bits per heavy atom. The van der Waals surface area contributed by atoms with Gasteiger partial charge in [-0.05, 0) is 35.7 Å². The lowest BCUT2D eigenvalue weighted by Crippen LogP contribution is -2.29. The minimum absolute atomic E-state index is 0.290. The van der Waals surface area contributed by atoms with E-state index in [0.29, 0.717) is 23.7 Å². The second-order valence-electron chi connectivity index (χ2n) is 6.86. The average molecular weight is 467 g/mol. The van der Waals surface area contributed by atoms with Crippen molar-refractivity contribution in [3.05, 3.63) is 90.5 Å². The maximum absolute atomic E-state index is 12.6. The van der Waals surface area contributed by atoms with Crippen molar-refractivity contribution >= 4 is 39.3 Å². The summed E-state index contributed by atoms with van der Waals surface area (Å²) in [5.74, 6) is 0.369. The van der Waals surface area contributed by atoms with E-state index in [1.54, 1.807) is 17.8 Å². The highest BCUT2D eigenvalue weighted by Gasteiger charge is 2.17. The third-order valence-electron chi connectivity index (χ3n) is 4.84. The lowest BCUT2D eigenvalue weighted by Gasteiger charge is -2.10. The maximum atomic E-state index is 12.6. The van der Waals surface area contributed by atoms with E-state index >= 15 is 0 Å². The Hall–Kier alpha value is -3.46. The van der Waals surface area contributed by atoms with Gasteiger partial charge in [-0.15, -0.1) is 0 Å². The Morgan fingerprint density at radius 3 is 2.63 bits per heavy atom. The number of halogens is 1. The molecule has 0 radical (unpaired) electrons. The van der Waals surface area contributed by atoms with E-state index in [2.05, 4.69) is 36.4 Å². The Labute approximate surface area is 180 Å². The summed E-state index contributed by atoms with van der Waals surface area (Å²) in [6.07, 6.45) is 1.66. The molecule has 0 spiro atoms. The highest BCUT2D eigenvalue weighted by Crippen LogP contribution is 2.19. The van der Waals surface area contributed by atoms with E-state index in [1.165, 1.54) is 4.57 Å². The van der Waals surface area contributed by atoms with Gasteiger partial charge < -0.3 is 0 Å². The number of benzene rings is 2. The number of fused-ring (bicyclic) bond motifs is 1. The minimum atomic E-state index is -0.516. The van der Waals surface area contributed by atoms with Crippen molar-refractivity contribution in [1.29, 1.82) is 0 Å². The molecule has 2 aromatic heterocycles. The summed E-state index contributed by atoms with van der Waals surface area (Å²) in [6, 6.07) is 15.6. The molecule has 0 atom stereocenters. The van der Waals surface area contributed by atoms with Gasteiger partial charge >= 0.3 is 5.69 Å². The molecule has 0 aliphatic carbocycles. The minimum Gasteiger partial charge on any atom is -0.298 e. The third-order valence-corrected chi connectivity index (χ3v) is 5.37. The molecule has 2 heterocycles. The fraction of sp³-hybridized carbons (Fsp3) is 0.143. The van der Waals surface area contributed by atoms with Crippen molar-refractivity contribution in [3.8, 4) is 0 Å². The van der Waals surface area contributed by atoms with E-state index in [4.69, 9.17) is 0 Å². The van der Waals surface area contributed by atoms with Gasteiger partial charge in [-0.25, -0.2) is 10.2 Å². The Bertz CT molecular complexity index is 1370. The van der Waals surface area contributed by atoms with Gasteiger partial charge in [0.25, 0.3) is 5.56 Å². The van der Waals surface area contributed by atoms with Crippen LogP contribution in [0.15, 0.2) is 67.7 Å². The molecule has 0 saturated carbocycles. The number of hydrazone groups is 1. The van der Waals surface area contributed by atoms with Crippen molar-refractivity contribution in [2.24, 2.45) is 12.1 Å². The van der Waals surface area contributed by atoms with Crippen LogP contribution in [0.2, 0.25) is 0 Å². The molecule has 0 bridgehead atoms. The number of H-pyrrole nitrogens is 1. The number of rotatable bonds is 5. The molecular formula is C21H19BrN6O2. The molecule has 0 amide bonds. The molecule has 2 N–H and O–H groups in total. The molecule has 8 nitrogen and oxygen atoms in total. The van der Waals surface area contributed by atoms with Gasteiger partial charge in [0.05, 0.1) is 12.8 Å². The zero-order valence-electron chi connectivity index (χ0n) is 16.4. The number of hydrogen-bond acceptors (Lipinski definition) is 5. The van der Waals surface area contributed by atoms with Gasteiger partial charge in [0.1, 0.15) is 0 Å². The number of aromatic nitrogens is 4. The normalized spacial score (nSPS) is 11.4. The molecule has 0 unspecified atom stereocenters.